The van der Waals surface area contributed by atoms with Gasteiger partial charge in [-0.25, -0.2) is 0 Å². The lowest BCUT2D eigenvalue weighted by atomic mass is 9.97. The van der Waals surface area contributed by atoms with E-state index in [4.69, 9.17) is 4.74 Å². The normalized spacial score (nSPS) is 27.1. The molecular weight excluding hydrogens is 248 g/mol. The van der Waals surface area contributed by atoms with Gasteiger partial charge in [0, 0.05) is 13.2 Å². The van der Waals surface area contributed by atoms with E-state index >= 15 is 0 Å². The van der Waals surface area contributed by atoms with Crippen LogP contribution in [0.1, 0.15) is 34.1 Å². The van der Waals surface area contributed by atoms with E-state index in [0.29, 0.717) is 18.5 Å². The third kappa shape index (κ3) is 4.88. The highest BCUT2D eigenvalue weighted by Crippen LogP contribution is 2.40. The van der Waals surface area contributed by atoms with Crippen molar-refractivity contribution >= 4 is 16.2 Å². The number of nitrogens with one attached hydrogen (secondary N) is 1. The Balaban J connectivity index is 2.43. The van der Waals surface area contributed by atoms with Crippen molar-refractivity contribution in [2.24, 2.45) is 5.41 Å². The molecule has 0 saturated carbocycles. The summed E-state index contributed by atoms with van der Waals surface area (Å²) in [7, 11) is 2.08. The molecule has 0 amide bonds. The van der Waals surface area contributed by atoms with Crippen LogP contribution in [0.2, 0.25) is 0 Å². The highest BCUT2D eigenvalue weighted by atomic mass is 32.2. The molecule has 4 nitrogen and oxygen atoms in total. The smallest absolute Gasteiger partial charge is 0.198 e. The summed E-state index contributed by atoms with van der Waals surface area (Å²) < 4.78 is 7.51. The third-order valence-electron chi connectivity index (χ3n) is 2.93. The molecule has 0 radical (unpaired) electrons. The van der Waals surface area contributed by atoms with Crippen LogP contribution in [0.25, 0.3) is 0 Å². The average Bonchev–Trinajstić information content (AvgIpc) is 2.58. The summed E-state index contributed by atoms with van der Waals surface area (Å²) >= 11 is -0.616. The Morgan fingerprint density at radius 1 is 1.50 bits per heavy atom. The van der Waals surface area contributed by atoms with Gasteiger partial charge in [0.25, 0.3) is 0 Å². The largest absolute Gasteiger partial charge is 0.367 e. The highest BCUT2D eigenvalue weighted by Gasteiger charge is 2.34. The Morgan fingerprint density at radius 2 is 2.17 bits per heavy atom. The maximum atomic E-state index is 12.3. The molecule has 2 unspecified atom stereocenters. The molecule has 0 aromatic carbocycles. The van der Waals surface area contributed by atoms with Gasteiger partial charge in [-0.3, -0.25) is 14.4 Å². The summed E-state index contributed by atoms with van der Waals surface area (Å²) in [6.07, 6.45) is 0.950. The quantitative estimate of drug-likeness (QED) is 0.441. The fourth-order valence-electron chi connectivity index (χ4n) is 2.23. The Labute approximate surface area is 114 Å². The predicted molar refractivity (Wildman–Crippen MR) is 79.0 cm³/mol. The van der Waals surface area contributed by atoms with Crippen LogP contribution in [0.15, 0.2) is 0 Å². The molecule has 18 heavy (non-hydrogen) atoms. The molecule has 1 aliphatic rings. The van der Waals surface area contributed by atoms with Crippen molar-refractivity contribution in [2.75, 3.05) is 32.7 Å². The zero-order chi connectivity index (χ0) is 13.8. The zero-order valence-corrected chi connectivity index (χ0v) is 13.2. The van der Waals surface area contributed by atoms with Crippen molar-refractivity contribution in [3.05, 3.63) is 0 Å². The topological polar surface area (TPSA) is 41.6 Å². The van der Waals surface area contributed by atoms with Crippen molar-refractivity contribution in [3.63, 3.8) is 0 Å². The lowest BCUT2D eigenvalue weighted by Gasteiger charge is -2.32. The molecule has 0 aromatic heterocycles. The maximum Gasteiger partial charge on any atom is 0.198 e. The minimum Gasteiger partial charge on any atom is -0.367 e. The van der Waals surface area contributed by atoms with Gasteiger partial charge in [0.2, 0.25) is 0 Å². The SMILES string of the molecule is CCOCNC1CC[SH](N(C)CC(C)(C)C)C1=O. The first kappa shape index (κ1) is 16.0. The van der Waals surface area contributed by atoms with E-state index in [-0.39, 0.29) is 11.5 Å². The molecule has 0 aromatic rings. The molecule has 1 fully saturated rings. The molecule has 1 saturated heterocycles. The standard InChI is InChI=1S/C13H28N2O2S/c1-6-17-10-14-11-7-8-18(12(11)16)15(5)9-13(2,3)4/h11,14,18H,6-10H2,1-5H3. The van der Waals surface area contributed by atoms with Crippen LogP contribution >= 0.6 is 11.1 Å². The Hall–Kier alpha value is -0.100. The number of carbonyl (C=O) groups is 1. The number of rotatable bonds is 6. The van der Waals surface area contributed by atoms with Crippen LogP contribution in [0.4, 0.5) is 0 Å². The predicted octanol–water partition coefficient (Wildman–Crippen LogP) is 1.76. The van der Waals surface area contributed by atoms with Gasteiger partial charge in [-0.15, -0.1) is 11.1 Å². The van der Waals surface area contributed by atoms with Gasteiger partial charge < -0.3 is 4.74 Å². The molecule has 108 valence electrons. The van der Waals surface area contributed by atoms with Crippen LogP contribution in [0.3, 0.4) is 0 Å². The van der Waals surface area contributed by atoms with Gasteiger partial charge in [0.15, 0.2) is 5.12 Å². The summed E-state index contributed by atoms with van der Waals surface area (Å²) in [6.45, 7) is 10.7. The second-order valence-corrected chi connectivity index (χ2v) is 8.39. The van der Waals surface area contributed by atoms with Crippen molar-refractivity contribution in [3.8, 4) is 0 Å². The third-order valence-corrected chi connectivity index (χ3v) is 5.40. The molecule has 1 rings (SSSR count). The van der Waals surface area contributed by atoms with Crippen molar-refractivity contribution in [2.45, 2.75) is 40.2 Å². The van der Waals surface area contributed by atoms with Crippen LogP contribution in [-0.2, 0) is 9.53 Å². The second kappa shape index (κ2) is 6.89. The summed E-state index contributed by atoms with van der Waals surface area (Å²) in [5, 5.41) is 3.58. The first-order valence-electron chi connectivity index (χ1n) is 6.68. The number of carbonyl (C=O) groups excluding carboxylic acids is 1. The minimum atomic E-state index is -0.616. The highest BCUT2D eigenvalue weighted by molar-refractivity contribution is 8.28. The van der Waals surface area contributed by atoms with Gasteiger partial charge in [-0.1, -0.05) is 20.8 Å². The van der Waals surface area contributed by atoms with Gasteiger partial charge in [0.05, 0.1) is 12.8 Å². The molecule has 5 heteroatoms. The van der Waals surface area contributed by atoms with Crippen LogP contribution in [0, 0.1) is 5.41 Å². The van der Waals surface area contributed by atoms with E-state index in [9.17, 15) is 4.79 Å². The van der Waals surface area contributed by atoms with Crippen LogP contribution in [0.5, 0.6) is 0 Å². The fraction of sp³-hybridized carbons (Fsp3) is 0.923. The molecule has 2 atom stereocenters. The number of thiol groups is 1. The first-order chi connectivity index (χ1) is 8.35. The van der Waals surface area contributed by atoms with Crippen molar-refractivity contribution in [1.29, 1.82) is 0 Å². The van der Waals surface area contributed by atoms with Crippen LogP contribution in [-0.4, -0.2) is 48.1 Å². The second-order valence-electron chi connectivity index (χ2n) is 6.02. The van der Waals surface area contributed by atoms with Crippen molar-refractivity contribution < 1.29 is 9.53 Å². The summed E-state index contributed by atoms with van der Waals surface area (Å²) in [5.41, 5.74) is 0.244. The Morgan fingerprint density at radius 3 is 2.72 bits per heavy atom. The molecular formula is C13H28N2O2S. The first-order valence-corrected chi connectivity index (χ1v) is 8.16. The number of ether oxygens (including phenoxy) is 1. The molecule has 1 N–H and O–H groups in total. The number of nitrogens with zero attached hydrogens (tertiary/aromatic N) is 1. The van der Waals surface area contributed by atoms with E-state index in [1.807, 2.05) is 6.92 Å². The molecule has 0 bridgehead atoms. The zero-order valence-electron chi connectivity index (χ0n) is 12.3. The maximum absolute atomic E-state index is 12.3. The van der Waals surface area contributed by atoms with E-state index in [1.165, 1.54) is 0 Å². The van der Waals surface area contributed by atoms with Gasteiger partial charge in [0.1, 0.15) is 0 Å². The summed E-state index contributed by atoms with van der Waals surface area (Å²) in [6, 6.07) is 0.00470. The van der Waals surface area contributed by atoms with E-state index < -0.39 is 11.1 Å². The van der Waals surface area contributed by atoms with Crippen molar-refractivity contribution in [1.82, 2.24) is 9.62 Å². The summed E-state index contributed by atoms with van der Waals surface area (Å²) in [5.74, 6) is 1.02. The Bertz CT molecular complexity index is 279. The average molecular weight is 276 g/mol. The monoisotopic (exact) mass is 276 g/mol. The number of hydrogen-bond donors (Lipinski definition) is 2. The molecule has 0 spiro atoms. The summed E-state index contributed by atoms with van der Waals surface area (Å²) in [4.78, 5) is 12.3. The Kier molecular flexibility index (Phi) is 6.11. The molecule has 0 aliphatic carbocycles. The number of hydrogen-bond acceptors (Lipinski definition) is 4. The minimum absolute atomic E-state index is 0.00470. The van der Waals surface area contributed by atoms with E-state index in [2.05, 4.69) is 37.4 Å². The van der Waals surface area contributed by atoms with E-state index in [0.717, 1.165) is 18.7 Å². The van der Waals surface area contributed by atoms with Gasteiger partial charge in [-0.2, -0.15) is 0 Å². The van der Waals surface area contributed by atoms with Gasteiger partial charge >= 0.3 is 0 Å². The van der Waals surface area contributed by atoms with E-state index in [1.54, 1.807) is 0 Å². The molecule has 1 heterocycles. The van der Waals surface area contributed by atoms with Crippen LogP contribution < -0.4 is 5.32 Å². The lowest BCUT2D eigenvalue weighted by molar-refractivity contribution is -0.113. The lowest BCUT2D eigenvalue weighted by Crippen LogP contribution is -2.36. The molecule has 1 aliphatic heterocycles. The fourth-order valence-corrected chi connectivity index (χ4v) is 4.80. The van der Waals surface area contributed by atoms with Gasteiger partial charge in [-0.05, 0) is 31.6 Å².